The van der Waals surface area contributed by atoms with Crippen LogP contribution in [0.1, 0.15) is 22.5 Å². The van der Waals surface area contributed by atoms with Gasteiger partial charge in [0, 0.05) is 0 Å². The Labute approximate surface area is 89.0 Å². The van der Waals surface area contributed by atoms with Crippen LogP contribution in [-0.2, 0) is 4.74 Å². The lowest BCUT2D eigenvalue weighted by atomic mass is 10.2. The monoisotopic (exact) mass is 233 g/mol. The summed E-state index contributed by atoms with van der Waals surface area (Å²) in [7, 11) is 2.23. The van der Waals surface area contributed by atoms with Crippen LogP contribution in [0.3, 0.4) is 0 Å². The molecule has 0 aromatic carbocycles. The molecule has 0 amide bonds. The van der Waals surface area contributed by atoms with Gasteiger partial charge < -0.3 is 14.5 Å². The Morgan fingerprint density at radius 2 is 2.06 bits per heavy atom. The number of methoxy groups -OCH3 is 2. The fraction of sp³-hybridized carbons (Fsp3) is 0.333. The number of nitrogens with one attached hydrogen (secondary N) is 1. The number of hydrogen-bond acceptors (Lipinski definition) is 4. The summed E-state index contributed by atoms with van der Waals surface area (Å²) in [6, 6.07) is 0.830. The van der Waals surface area contributed by atoms with Crippen LogP contribution in [0.4, 0.5) is 8.78 Å². The maximum absolute atomic E-state index is 12.4. The molecule has 0 fully saturated rings. The van der Waals surface area contributed by atoms with E-state index in [0.717, 1.165) is 20.3 Å². The molecule has 1 N–H and O–H groups in total. The SMILES string of the molecule is COC(=O)c1cc(C(F)F)[nH]c(=O)c1OC. The minimum Gasteiger partial charge on any atom is -0.490 e. The van der Waals surface area contributed by atoms with Gasteiger partial charge >= 0.3 is 5.97 Å². The van der Waals surface area contributed by atoms with Crippen molar-refractivity contribution in [3.63, 3.8) is 0 Å². The third-order valence-corrected chi connectivity index (χ3v) is 1.85. The maximum atomic E-state index is 12.4. The molecular weight excluding hydrogens is 224 g/mol. The molecule has 0 aliphatic carbocycles. The van der Waals surface area contributed by atoms with Crippen LogP contribution in [-0.4, -0.2) is 25.2 Å². The van der Waals surface area contributed by atoms with Crippen LogP contribution in [0.25, 0.3) is 0 Å². The van der Waals surface area contributed by atoms with E-state index in [-0.39, 0.29) is 11.3 Å². The van der Waals surface area contributed by atoms with E-state index in [2.05, 4.69) is 9.47 Å². The third kappa shape index (κ3) is 2.18. The Morgan fingerprint density at radius 3 is 2.50 bits per heavy atom. The van der Waals surface area contributed by atoms with E-state index in [1.165, 1.54) is 0 Å². The van der Waals surface area contributed by atoms with Gasteiger partial charge in [0.05, 0.1) is 19.9 Å². The first-order valence-electron chi connectivity index (χ1n) is 4.19. The molecule has 0 spiro atoms. The van der Waals surface area contributed by atoms with Crippen molar-refractivity contribution < 1.29 is 23.0 Å². The number of carbonyl (C=O) groups is 1. The van der Waals surface area contributed by atoms with Gasteiger partial charge in [0.15, 0.2) is 5.75 Å². The van der Waals surface area contributed by atoms with Crippen LogP contribution in [0, 0.1) is 0 Å². The van der Waals surface area contributed by atoms with E-state index in [9.17, 15) is 18.4 Å². The minimum absolute atomic E-state index is 0.330. The van der Waals surface area contributed by atoms with Crippen LogP contribution in [0.15, 0.2) is 10.9 Å². The summed E-state index contributed by atoms with van der Waals surface area (Å²) in [4.78, 5) is 24.4. The van der Waals surface area contributed by atoms with Crippen molar-refractivity contribution >= 4 is 5.97 Å². The largest absolute Gasteiger partial charge is 0.490 e. The lowest BCUT2D eigenvalue weighted by molar-refractivity contribution is 0.0596. The number of aromatic amines is 1. The third-order valence-electron chi connectivity index (χ3n) is 1.85. The number of hydrogen-bond donors (Lipinski definition) is 1. The highest BCUT2D eigenvalue weighted by atomic mass is 19.3. The second kappa shape index (κ2) is 4.73. The van der Waals surface area contributed by atoms with Gasteiger partial charge in [-0.3, -0.25) is 4.79 Å². The lowest BCUT2D eigenvalue weighted by Gasteiger charge is -2.07. The molecule has 5 nitrogen and oxygen atoms in total. The molecule has 7 heteroatoms. The number of halogens is 2. The van der Waals surface area contributed by atoms with Crippen molar-refractivity contribution in [1.82, 2.24) is 4.98 Å². The Balaban J connectivity index is 3.43. The fourth-order valence-electron chi connectivity index (χ4n) is 1.15. The number of pyridine rings is 1. The average molecular weight is 233 g/mol. The van der Waals surface area contributed by atoms with Crippen molar-refractivity contribution in [3.8, 4) is 5.75 Å². The van der Waals surface area contributed by atoms with Crippen molar-refractivity contribution in [2.75, 3.05) is 14.2 Å². The van der Waals surface area contributed by atoms with E-state index in [1.807, 2.05) is 4.98 Å². The summed E-state index contributed by atoms with van der Waals surface area (Å²) in [5.41, 5.74) is -1.89. The first-order chi connectivity index (χ1) is 7.51. The van der Waals surface area contributed by atoms with Gasteiger partial charge in [0.2, 0.25) is 0 Å². The molecular formula is C9H9F2NO4. The van der Waals surface area contributed by atoms with E-state index in [0.29, 0.717) is 0 Å². The van der Waals surface area contributed by atoms with Gasteiger partial charge in [-0.15, -0.1) is 0 Å². The summed E-state index contributed by atoms with van der Waals surface area (Å²) in [6.45, 7) is 0. The van der Waals surface area contributed by atoms with Crippen molar-refractivity contribution in [2.24, 2.45) is 0 Å². The van der Waals surface area contributed by atoms with Gasteiger partial charge in [-0.1, -0.05) is 0 Å². The number of rotatable bonds is 3. The number of carbonyl (C=O) groups excluding carboxylic acids is 1. The minimum atomic E-state index is -2.89. The molecule has 1 aromatic heterocycles. The van der Waals surface area contributed by atoms with Crippen LogP contribution < -0.4 is 10.3 Å². The van der Waals surface area contributed by atoms with E-state index < -0.39 is 23.6 Å². The second-order valence-corrected chi connectivity index (χ2v) is 2.79. The summed E-state index contributed by atoms with van der Waals surface area (Å²) < 4.78 is 33.7. The van der Waals surface area contributed by atoms with E-state index in [1.54, 1.807) is 0 Å². The van der Waals surface area contributed by atoms with Crippen molar-refractivity contribution in [1.29, 1.82) is 0 Å². The Morgan fingerprint density at radius 1 is 1.44 bits per heavy atom. The molecule has 0 radical (unpaired) electrons. The molecule has 16 heavy (non-hydrogen) atoms. The molecule has 0 aliphatic heterocycles. The molecule has 0 unspecified atom stereocenters. The molecule has 0 aliphatic rings. The van der Waals surface area contributed by atoms with Gasteiger partial charge in [-0.05, 0) is 6.07 Å². The van der Waals surface area contributed by atoms with Gasteiger partial charge in [0.1, 0.15) is 5.56 Å². The first kappa shape index (κ1) is 12.2. The smallest absolute Gasteiger partial charge is 0.341 e. The topological polar surface area (TPSA) is 68.4 Å². The van der Waals surface area contributed by atoms with E-state index >= 15 is 0 Å². The number of ether oxygens (including phenoxy) is 2. The van der Waals surface area contributed by atoms with Crippen LogP contribution >= 0.6 is 0 Å². The molecule has 1 aromatic rings. The average Bonchev–Trinajstić information content (AvgIpc) is 2.26. The summed E-state index contributed by atoms with van der Waals surface area (Å²) in [5, 5.41) is 0. The zero-order valence-electron chi connectivity index (χ0n) is 8.54. The summed E-state index contributed by atoms with van der Waals surface area (Å²) in [5.74, 6) is -1.26. The van der Waals surface area contributed by atoms with Crippen LogP contribution in [0.5, 0.6) is 5.75 Å². The van der Waals surface area contributed by atoms with Gasteiger partial charge in [-0.25, -0.2) is 13.6 Å². The molecule has 0 saturated heterocycles. The zero-order chi connectivity index (χ0) is 12.3. The van der Waals surface area contributed by atoms with Crippen molar-refractivity contribution in [2.45, 2.75) is 6.43 Å². The standard InChI is InChI=1S/C9H9F2NO4/c1-15-6-4(9(14)16-2)3-5(7(10)11)12-8(6)13/h3,7H,1-2H3,(H,12,13). The summed E-state index contributed by atoms with van der Waals surface area (Å²) >= 11 is 0. The number of alkyl halides is 2. The molecule has 1 heterocycles. The van der Waals surface area contributed by atoms with Crippen LogP contribution in [0.2, 0.25) is 0 Å². The second-order valence-electron chi connectivity index (χ2n) is 2.79. The Hall–Kier alpha value is -1.92. The predicted octanol–water partition coefficient (Wildman–Crippen LogP) is 1.11. The van der Waals surface area contributed by atoms with Gasteiger partial charge in [-0.2, -0.15) is 0 Å². The predicted molar refractivity (Wildman–Crippen MR) is 49.9 cm³/mol. The molecule has 88 valence electrons. The normalized spacial score (nSPS) is 10.3. The molecule has 0 atom stereocenters. The fourth-order valence-corrected chi connectivity index (χ4v) is 1.15. The summed E-state index contributed by atoms with van der Waals surface area (Å²) in [6.07, 6.45) is -2.89. The Kier molecular flexibility index (Phi) is 3.60. The lowest BCUT2D eigenvalue weighted by Crippen LogP contribution is -2.17. The van der Waals surface area contributed by atoms with E-state index in [4.69, 9.17) is 0 Å². The molecule has 1 rings (SSSR count). The van der Waals surface area contributed by atoms with Gasteiger partial charge in [0.25, 0.3) is 12.0 Å². The zero-order valence-corrected chi connectivity index (χ0v) is 8.54. The highest BCUT2D eigenvalue weighted by molar-refractivity contribution is 5.92. The highest BCUT2D eigenvalue weighted by Crippen LogP contribution is 2.20. The number of esters is 1. The molecule has 0 bridgehead atoms. The first-order valence-corrected chi connectivity index (χ1v) is 4.19. The van der Waals surface area contributed by atoms with Crippen molar-refractivity contribution in [3.05, 3.63) is 27.7 Å². The quantitative estimate of drug-likeness (QED) is 0.794. The number of H-pyrrole nitrogens is 1. The molecule has 0 saturated carbocycles. The Bertz CT molecular complexity index is 455. The maximum Gasteiger partial charge on any atom is 0.341 e. The highest BCUT2D eigenvalue weighted by Gasteiger charge is 2.20. The number of aromatic nitrogens is 1.